The van der Waals surface area contributed by atoms with Gasteiger partial charge in [-0.15, -0.1) is 0 Å². The molecule has 8 heteroatoms. The van der Waals surface area contributed by atoms with Crippen molar-refractivity contribution in [1.82, 2.24) is 0 Å². The quantitative estimate of drug-likeness (QED) is 0.403. The van der Waals surface area contributed by atoms with E-state index in [2.05, 4.69) is 0 Å². The molecular formula is C24H19NO7. The van der Waals surface area contributed by atoms with Crippen molar-refractivity contribution in [2.75, 3.05) is 19.1 Å². The molecule has 0 amide bonds. The van der Waals surface area contributed by atoms with E-state index in [9.17, 15) is 19.2 Å². The Balaban J connectivity index is 1.82. The van der Waals surface area contributed by atoms with E-state index in [-0.39, 0.29) is 11.3 Å². The average Bonchev–Trinajstić information content (AvgIpc) is 3.14. The zero-order chi connectivity index (χ0) is 22.6. The lowest BCUT2D eigenvalue weighted by Crippen LogP contribution is -2.58. The van der Waals surface area contributed by atoms with Crippen LogP contribution in [0.1, 0.15) is 15.9 Å². The third-order valence-corrected chi connectivity index (χ3v) is 6.49. The van der Waals surface area contributed by atoms with Gasteiger partial charge in [0.15, 0.2) is 11.2 Å². The zero-order valence-corrected chi connectivity index (χ0v) is 17.3. The number of ether oxygens (including phenoxy) is 3. The summed E-state index contributed by atoms with van der Waals surface area (Å²) in [6, 6.07) is 11.3. The number of esters is 3. The van der Waals surface area contributed by atoms with Gasteiger partial charge in [-0.2, -0.15) is 0 Å². The summed E-state index contributed by atoms with van der Waals surface area (Å²) in [7, 11) is 2.34. The maximum absolute atomic E-state index is 14.0. The van der Waals surface area contributed by atoms with Crippen molar-refractivity contribution in [2.45, 2.75) is 12.1 Å². The third kappa shape index (κ3) is 2.37. The van der Waals surface area contributed by atoms with E-state index in [1.54, 1.807) is 41.3 Å². The van der Waals surface area contributed by atoms with Gasteiger partial charge in [0.1, 0.15) is 17.7 Å². The van der Waals surface area contributed by atoms with Crippen LogP contribution in [-0.4, -0.2) is 50.0 Å². The molecule has 4 atom stereocenters. The first kappa shape index (κ1) is 20.0. The van der Waals surface area contributed by atoms with Crippen molar-refractivity contribution in [3.05, 3.63) is 65.7 Å². The Labute approximate surface area is 183 Å². The standard InChI is InChI=1S/C24H19NO7/c1-30-21(27)18-19(22(28)31-2)25-15-9-5-3-7-13(15)11-12-17(25)24(18)20(26)14-8-4-6-10-16(14)32-23(24)29/h3-12,17-19H,1-2H3. The number of methoxy groups -OCH3 is 2. The minimum absolute atomic E-state index is 0.116. The third-order valence-electron chi connectivity index (χ3n) is 6.49. The first-order valence-corrected chi connectivity index (χ1v) is 10.0. The largest absolute Gasteiger partial charge is 0.469 e. The van der Waals surface area contributed by atoms with Crippen molar-refractivity contribution >= 4 is 35.5 Å². The first-order chi connectivity index (χ1) is 15.5. The second kappa shape index (κ2) is 7.05. The number of hydrogen-bond acceptors (Lipinski definition) is 8. The molecule has 8 nitrogen and oxygen atoms in total. The van der Waals surface area contributed by atoms with E-state index < -0.39 is 47.1 Å². The monoisotopic (exact) mass is 433 g/mol. The predicted octanol–water partition coefficient (Wildman–Crippen LogP) is 2.02. The molecule has 3 aliphatic rings. The normalized spacial score (nSPS) is 27.3. The Kier molecular flexibility index (Phi) is 4.40. The summed E-state index contributed by atoms with van der Waals surface area (Å²) in [5, 5.41) is 0. The van der Waals surface area contributed by atoms with Gasteiger partial charge < -0.3 is 19.1 Å². The van der Waals surface area contributed by atoms with E-state index in [4.69, 9.17) is 14.2 Å². The number of nitrogens with zero attached hydrogens (tertiary/aromatic N) is 1. The van der Waals surface area contributed by atoms with Gasteiger partial charge in [0.25, 0.3) is 0 Å². The molecule has 1 fully saturated rings. The number of benzene rings is 2. The van der Waals surface area contributed by atoms with E-state index >= 15 is 0 Å². The van der Waals surface area contributed by atoms with Gasteiger partial charge in [-0.25, -0.2) is 4.79 Å². The minimum atomic E-state index is -2.02. The highest BCUT2D eigenvalue weighted by molar-refractivity contribution is 6.22. The van der Waals surface area contributed by atoms with Crippen LogP contribution in [0.2, 0.25) is 0 Å². The van der Waals surface area contributed by atoms with Crippen molar-refractivity contribution < 1.29 is 33.4 Å². The maximum Gasteiger partial charge on any atom is 0.329 e. The molecule has 3 heterocycles. The Hall–Kier alpha value is -3.94. The Morgan fingerprint density at radius 2 is 1.66 bits per heavy atom. The molecule has 32 heavy (non-hydrogen) atoms. The highest BCUT2D eigenvalue weighted by Gasteiger charge is 2.74. The second-order valence-electron chi connectivity index (χ2n) is 7.82. The topological polar surface area (TPSA) is 99.2 Å². The first-order valence-electron chi connectivity index (χ1n) is 10.0. The smallest absolute Gasteiger partial charge is 0.329 e. The average molecular weight is 433 g/mol. The Morgan fingerprint density at radius 1 is 0.969 bits per heavy atom. The lowest BCUT2D eigenvalue weighted by Gasteiger charge is -2.39. The summed E-state index contributed by atoms with van der Waals surface area (Å²) in [5.74, 6) is -4.48. The highest BCUT2D eigenvalue weighted by Crippen LogP contribution is 2.56. The fraction of sp³-hybridized carbons (Fsp3) is 0.250. The summed E-state index contributed by atoms with van der Waals surface area (Å²) >= 11 is 0. The van der Waals surface area contributed by atoms with Gasteiger partial charge in [-0.1, -0.05) is 42.5 Å². The SMILES string of the molecule is COC(=O)C1C(C(=O)OC)C2(C(=O)Oc3ccccc3C2=O)C2C=Cc3ccccc3N12. The molecule has 2 aromatic rings. The number of anilines is 1. The number of fused-ring (bicyclic) bond motifs is 5. The number of ketones is 1. The van der Waals surface area contributed by atoms with E-state index in [0.717, 1.165) is 12.7 Å². The lowest BCUT2D eigenvalue weighted by molar-refractivity contribution is -0.161. The number of rotatable bonds is 2. The number of hydrogen-bond donors (Lipinski definition) is 0. The molecule has 0 N–H and O–H groups in total. The molecule has 3 aliphatic heterocycles. The van der Waals surface area contributed by atoms with Gasteiger partial charge in [0, 0.05) is 5.69 Å². The van der Waals surface area contributed by atoms with Crippen LogP contribution >= 0.6 is 0 Å². The van der Waals surface area contributed by atoms with E-state index in [1.807, 2.05) is 12.1 Å². The summed E-state index contributed by atoms with van der Waals surface area (Å²) in [4.78, 5) is 55.3. The lowest BCUT2D eigenvalue weighted by atomic mass is 9.65. The number of Topliss-reactive ketones (excluding diaryl/α,β-unsaturated/α-hetero) is 1. The number of carbonyl (C=O) groups is 4. The Bertz CT molecular complexity index is 1200. The number of carbonyl (C=O) groups excluding carboxylic acids is 4. The molecule has 5 rings (SSSR count). The summed E-state index contributed by atoms with van der Waals surface area (Å²) in [6.07, 6.45) is 3.43. The van der Waals surface area contributed by atoms with Crippen LogP contribution in [0, 0.1) is 11.3 Å². The van der Waals surface area contributed by atoms with Gasteiger partial charge in [0.05, 0.1) is 25.8 Å². The van der Waals surface area contributed by atoms with Crippen molar-refractivity contribution in [3.8, 4) is 5.75 Å². The molecule has 0 bridgehead atoms. The fourth-order valence-corrected chi connectivity index (χ4v) is 5.17. The van der Waals surface area contributed by atoms with Crippen LogP contribution in [-0.2, 0) is 23.9 Å². The van der Waals surface area contributed by atoms with Crippen molar-refractivity contribution in [2.24, 2.45) is 11.3 Å². The molecular weight excluding hydrogens is 414 g/mol. The summed E-state index contributed by atoms with van der Waals surface area (Å²) in [5.41, 5.74) is -0.487. The van der Waals surface area contributed by atoms with Crippen molar-refractivity contribution in [3.63, 3.8) is 0 Å². The molecule has 0 radical (unpaired) electrons. The molecule has 2 aromatic carbocycles. The van der Waals surface area contributed by atoms with Crippen LogP contribution in [0.25, 0.3) is 6.08 Å². The molecule has 0 aliphatic carbocycles. The van der Waals surface area contributed by atoms with Gasteiger partial charge in [-0.3, -0.25) is 14.4 Å². The summed E-state index contributed by atoms with van der Waals surface area (Å²) in [6.45, 7) is 0. The van der Waals surface area contributed by atoms with Gasteiger partial charge in [-0.05, 0) is 23.8 Å². The zero-order valence-electron chi connectivity index (χ0n) is 17.3. The van der Waals surface area contributed by atoms with Crippen LogP contribution in [0.15, 0.2) is 54.6 Å². The molecule has 1 spiro atoms. The Morgan fingerprint density at radius 3 is 2.41 bits per heavy atom. The molecule has 0 saturated carbocycles. The maximum atomic E-state index is 14.0. The van der Waals surface area contributed by atoms with Crippen LogP contribution in [0.5, 0.6) is 5.75 Å². The van der Waals surface area contributed by atoms with E-state index in [1.165, 1.54) is 19.2 Å². The predicted molar refractivity (Wildman–Crippen MR) is 112 cm³/mol. The highest BCUT2D eigenvalue weighted by atomic mass is 16.5. The van der Waals surface area contributed by atoms with Gasteiger partial charge in [0.2, 0.25) is 0 Å². The number of para-hydroxylation sites is 2. The molecule has 4 unspecified atom stereocenters. The van der Waals surface area contributed by atoms with Crippen LogP contribution in [0.4, 0.5) is 5.69 Å². The van der Waals surface area contributed by atoms with Crippen LogP contribution in [0.3, 0.4) is 0 Å². The molecule has 162 valence electrons. The van der Waals surface area contributed by atoms with Crippen LogP contribution < -0.4 is 9.64 Å². The van der Waals surface area contributed by atoms with E-state index in [0.29, 0.717) is 5.69 Å². The summed E-state index contributed by atoms with van der Waals surface area (Å²) < 4.78 is 15.6. The minimum Gasteiger partial charge on any atom is -0.469 e. The fourth-order valence-electron chi connectivity index (χ4n) is 5.17. The van der Waals surface area contributed by atoms with Gasteiger partial charge >= 0.3 is 17.9 Å². The molecule has 1 saturated heterocycles. The second-order valence-corrected chi connectivity index (χ2v) is 7.82. The molecule has 0 aromatic heterocycles. The van der Waals surface area contributed by atoms with Crippen molar-refractivity contribution in [1.29, 1.82) is 0 Å².